The van der Waals surface area contributed by atoms with Crippen LogP contribution in [0.2, 0.25) is 0 Å². The van der Waals surface area contributed by atoms with Crippen molar-refractivity contribution in [2.75, 3.05) is 19.6 Å². The second kappa shape index (κ2) is 4.64. The number of nitrogens with one attached hydrogen (secondary N) is 2. The zero-order chi connectivity index (χ0) is 10.6. The predicted octanol–water partition coefficient (Wildman–Crippen LogP) is 1.12. The van der Waals surface area contributed by atoms with E-state index in [9.17, 15) is 4.79 Å². The summed E-state index contributed by atoms with van der Waals surface area (Å²) in [5, 5.41) is 5.94. The van der Waals surface area contributed by atoms with Crippen LogP contribution in [0, 0.1) is 5.92 Å². The van der Waals surface area contributed by atoms with E-state index in [1.54, 1.807) is 0 Å². The van der Waals surface area contributed by atoms with Gasteiger partial charge in [-0.1, -0.05) is 0 Å². The van der Waals surface area contributed by atoms with Crippen LogP contribution < -0.4 is 10.6 Å². The van der Waals surface area contributed by atoms with Crippen molar-refractivity contribution in [1.82, 2.24) is 10.6 Å². The van der Waals surface area contributed by atoms with Gasteiger partial charge in [-0.3, -0.25) is 0 Å². The Balaban J connectivity index is 2.02. The second-order valence-corrected chi connectivity index (χ2v) is 4.74. The maximum Gasteiger partial charge on any atom is 0.407 e. The summed E-state index contributed by atoms with van der Waals surface area (Å²) >= 11 is 0. The van der Waals surface area contributed by atoms with Gasteiger partial charge in [-0.05, 0) is 46.2 Å². The van der Waals surface area contributed by atoms with Crippen LogP contribution in [0.15, 0.2) is 0 Å². The third kappa shape index (κ3) is 4.46. The summed E-state index contributed by atoms with van der Waals surface area (Å²) in [5.41, 5.74) is -0.401. The number of carbonyl (C=O) groups is 1. The maximum absolute atomic E-state index is 11.2. The van der Waals surface area contributed by atoms with Crippen LogP contribution in [-0.4, -0.2) is 31.3 Å². The molecule has 1 fully saturated rings. The van der Waals surface area contributed by atoms with Gasteiger partial charge in [0.25, 0.3) is 0 Å². The first-order valence-electron chi connectivity index (χ1n) is 5.15. The molecule has 1 amide bonds. The standard InChI is InChI=1S/C10H20N2O2/c1-10(2,3)14-9(13)12-5-4-8-6-11-7-8/h8,11H,4-7H2,1-3H3,(H,12,13). The van der Waals surface area contributed by atoms with Gasteiger partial charge in [0.1, 0.15) is 5.60 Å². The Morgan fingerprint density at radius 3 is 2.57 bits per heavy atom. The molecule has 1 aliphatic rings. The Morgan fingerprint density at radius 2 is 2.14 bits per heavy atom. The van der Waals surface area contributed by atoms with Crippen LogP contribution in [0.25, 0.3) is 0 Å². The van der Waals surface area contributed by atoms with E-state index in [4.69, 9.17) is 4.74 Å². The number of carbonyl (C=O) groups excluding carboxylic acids is 1. The number of amides is 1. The first-order valence-corrected chi connectivity index (χ1v) is 5.15. The molecule has 1 heterocycles. The van der Waals surface area contributed by atoms with Gasteiger partial charge in [-0.2, -0.15) is 0 Å². The Hall–Kier alpha value is -0.770. The van der Waals surface area contributed by atoms with Crippen molar-refractivity contribution >= 4 is 6.09 Å². The third-order valence-corrected chi connectivity index (χ3v) is 2.09. The Morgan fingerprint density at radius 1 is 1.50 bits per heavy atom. The number of hydrogen-bond acceptors (Lipinski definition) is 3. The number of rotatable bonds is 3. The molecule has 0 aromatic rings. The Labute approximate surface area is 85.4 Å². The van der Waals surface area contributed by atoms with Gasteiger partial charge < -0.3 is 15.4 Å². The molecule has 0 spiro atoms. The van der Waals surface area contributed by atoms with Crippen LogP contribution >= 0.6 is 0 Å². The highest BCUT2D eigenvalue weighted by Crippen LogP contribution is 2.08. The normalized spacial score (nSPS) is 17.4. The van der Waals surface area contributed by atoms with Gasteiger partial charge in [0.05, 0.1) is 0 Å². The van der Waals surface area contributed by atoms with Gasteiger partial charge in [0.15, 0.2) is 0 Å². The summed E-state index contributed by atoms with van der Waals surface area (Å²) < 4.78 is 5.11. The summed E-state index contributed by atoms with van der Waals surface area (Å²) in [4.78, 5) is 11.2. The molecule has 0 atom stereocenters. The van der Waals surface area contributed by atoms with Crippen LogP contribution in [0.4, 0.5) is 4.79 Å². The van der Waals surface area contributed by atoms with E-state index >= 15 is 0 Å². The Bertz CT molecular complexity index is 195. The lowest BCUT2D eigenvalue weighted by Crippen LogP contribution is -2.44. The first kappa shape index (κ1) is 11.3. The molecular weight excluding hydrogens is 180 g/mol. The molecule has 1 aliphatic heterocycles. The van der Waals surface area contributed by atoms with Crippen LogP contribution in [-0.2, 0) is 4.74 Å². The highest BCUT2D eigenvalue weighted by Gasteiger charge is 2.18. The van der Waals surface area contributed by atoms with E-state index in [0.29, 0.717) is 6.54 Å². The van der Waals surface area contributed by atoms with Gasteiger partial charge in [0, 0.05) is 6.54 Å². The summed E-state index contributed by atoms with van der Waals surface area (Å²) in [5.74, 6) is 0.727. The lowest BCUT2D eigenvalue weighted by molar-refractivity contribution is 0.0523. The van der Waals surface area contributed by atoms with Crippen LogP contribution in [0.1, 0.15) is 27.2 Å². The molecule has 0 saturated carbocycles. The molecule has 0 aromatic heterocycles. The third-order valence-electron chi connectivity index (χ3n) is 2.09. The van der Waals surface area contributed by atoms with E-state index < -0.39 is 5.60 Å². The SMILES string of the molecule is CC(C)(C)OC(=O)NCCC1CNC1. The molecule has 4 nitrogen and oxygen atoms in total. The second-order valence-electron chi connectivity index (χ2n) is 4.74. The lowest BCUT2D eigenvalue weighted by atomic mass is 10.00. The van der Waals surface area contributed by atoms with Gasteiger partial charge >= 0.3 is 6.09 Å². The minimum Gasteiger partial charge on any atom is -0.444 e. The average molecular weight is 200 g/mol. The molecular formula is C10H20N2O2. The topological polar surface area (TPSA) is 50.4 Å². The van der Waals surface area contributed by atoms with Crippen molar-refractivity contribution in [2.24, 2.45) is 5.92 Å². The molecule has 1 rings (SSSR count). The van der Waals surface area contributed by atoms with E-state index in [2.05, 4.69) is 10.6 Å². The van der Waals surface area contributed by atoms with Gasteiger partial charge in [0.2, 0.25) is 0 Å². The van der Waals surface area contributed by atoms with Crippen molar-refractivity contribution in [2.45, 2.75) is 32.8 Å². The van der Waals surface area contributed by atoms with E-state index in [1.807, 2.05) is 20.8 Å². The number of ether oxygens (including phenoxy) is 1. The highest BCUT2D eigenvalue weighted by molar-refractivity contribution is 5.67. The molecule has 0 bridgehead atoms. The van der Waals surface area contributed by atoms with E-state index in [0.717, 1.165) is 25.4 Å². The zero-order valence-corrected chi connectivity index (χ0v) is 9.22. The monoisotopic (exact) mass is 200 g/mol. The Kier molecular flexibility index (Phi) is 3.75. The summed E-state index contributed by atoms with van der Waals surface area (Å²) in [6.07, 6.45) is 0.719. The molecule has 0 aromatic carbocycles. The molecule has 0 aliphatic carbocycles. The predicted molar refractivity (Wildman–Crippen MR) is 55.2 cm³/mol. The van der Waals surface area contributed by atoms with Crippen molar-refractivity contribution in [3.05, 3.63) is 0 Å². The average Bonchev–Trinajstić information content (AvgIpc) is 1.90. The number of alkyl carbamates (subject to hydrolysis) is 1. The molecule has 82 valence electrons. The largest absolute Gasteiger partial charge is 0.444 e. The minimum atomic E-state index is -0.401. The summed E-state index contributed by atoms with van der Waals surface area (Å²) in [7, 11) is 0. The van der Waals surface area contributed by atoms with Gasteiger partial charge in [-0.25, -0.2) is 4.79 Å². The van der Waals surface area contributed by atoms with Crippen molar-refractivity contribution in [3.8, 4) is 0 Å². The fraction of sp³-hybridized carbons (Fsp3) is 0.900. The molecule has 0 unspecified atom stereocenters. The lowest BCUT2D eigenvalue weighted by Gasteiger charge is -2.27. The fourth-order valence-corrected chi connectivity index (χ4v) is 1.25. The minimum absolute atomic E-state index is 0.315. The van der Waals surface area contributed by atoms with Crippen molar-refractivity contribution in [1.29, 1.82) is 0 Å². The summed E-state index contributed by atoms with van der Waals surface area (Å²) in [6.45, 7) is 8.46. The maximum atomic E-state index is 11.2. The molecule has 4 heteroatoms. The van der Waals surface area contributed by atoms with Crippen molar-refractivity contribution in [3.63, 3.8) is 0 Å². The quantitative estimate of drug-likeness (QED) is 0.717. The molecule has 2 N–H and O–H groups in total. The van der Waals surface area contributed by atoms with Crippen LogP contribution in [0.5, 0.6) is 0 Å². The smallest absolute Gasteiger partial charge is 0.407 e. The van der Waals surface area contributed by atoms with Crippen LogP contribution in [0.3, 0.4) is 0 Å². The molecule has 1 saturated heterocycles. The zero-order valence-electron chi connectivity index (χ0n) is 9.22. The first-order chi connectivity index (χ1) is 6.47. The number of hydrogen-bond donors (Lipinski definition) is 2. The molecule has 0 radical (unpaired) electrons. The van der Waals surface area contributed by atoms with E-state index in [1.165, 1.54) is 0 Å². The fourth-order valence-electron chi connectivity index (χ4n) is 1.25. The van der Waals surface area contributed by atoms with Crippen molar-refractivity contribution < 1.29 is 9.53 Å². The van der Waals surface area contributed by atoms with Gasteiger partial charge in [-0.15, -0.1) is 0 Å². The molecule has 14 heavy (non-hydrogen) atoms. The summed E-state index contributed by atoms with van der Waals surface area (Å²) in [6, 6.07) is 0. The van der Waals surface area contributed by atoms with E-state index in [-0.39, 0.29) is 6.09 Å². The highest BCUT2D eigenvalue weighted by atomic mass is 16.6.